The maximum absolute atomic E-state index is 12.5. The van der Waals surface area contributed by atoms with Crippen molar-refractivity contribution in [1.29, 1.82) is 0 Å². The van der Waals surface area contributed by atoms with E-state index in [4.69, 9.17) is 16.3 Å². The van der Waals surface area contributed by atoms with Crippen molar-refractivity contribution in [1.82, 2.24) is 9.80 Å². The van der Waals surface area contributed by atoms with E-state index in [0.29, 0.717) is 6.54 Å². The lowest BCUT2D eigenvalue weighted by Gasteiger charge is -2.30. The Balaban J connectivity index is 1.58. The molecule has 1 saturated carbocycles. The van der Waals surface area contributed by atoms with E-state index in [1.807, 2.05) is 35.2 Å². The standard InChI is InChI=1S/C18H23ClN2O3/c19-11-17(22)20-10-4-7-16(20)12-21(15-8-9-15)18(23)24-13-14-5-2-1-3-6-14/h1-3,5-6,15-16H,4,7-13H2. The van der Waals surface area contributed by atoms with Crippen LogP contribution in [0.25, 0.3) is 0 Å². The summed E-state index contributed by atoms with van der Waals surface area (Å²) in [5.74, 6) is -0.0502. The second kappa shape index (κ2) is 7.88. The molecule has 130 valence electrons. The first kappa shape index (κ1) is 17.1. The number of carbonyl (C=O) groups excluding carboxylic acids is 2. The van der Waals surface area contributed by atoms with Gasteiger partial charge in [0.2, 0.25) is 5.91 Å². The van der Waals surface area contributed by atoms with Gasteiger partial charge in [0.1, 0.15) is 12.5 Å². The summed E-state index contributed by atoms with van der Waals surface area (Å²) in [5, 5.41) is 0. The maximum Gasteiger partial charge on any atom is 0.410 e. The van der Waals surface area contributed by atoms with Gasteiger partial charge < -0.3 is 14.5 Å². The molecule has 2 aliphatic rings. The number of hydrogen-bond donors (Lipinski definition) is 0. The smallest absolute Gasteiger partial charge is 0.410 e. The van der Waals surface area contributed by atoms with E-state index in [1.54, 1.807) is 4.90 Å². The molecule has 2 fully saturated rings. The molecule has 0 N–H and O–H groups in total. The molecule has 0 spiro atoms. The summed E-state index contributed by atoms with van der Waals surface area (Å²) < 4.78 is 5.48. The molecule has 1 aromatic carbocycles. The van der Waals surface area contributed by atoms with Crippen LogP contribution in [-0.4, -0.2) is 52.9 Å². The summed E-state index contributed by atoms with van der Waals surface area (Å²) >= 11 is 5.69. The number of likely N-dealkylation sites (tertiary alicyclic amines) is 1. The summed E-state index contributed by atoms with van der Waals surface area (Å²) in [6, 6.07) is 9.97. The number of amides is 2. The van der Waals surface area contributed by atoms with Crippen molar-refractivity contribution in [2.45, 2.75) is 44.4 Å². The van der Waals surface area contributed by atoms with E-state index >= 15 is 0 Å². The SMILES string of the molecule is O=C(CCl)N1CCCC1CN(C(=O)OCc1ccccc1)C1CC1. The molecule has 0 radical (unpaired) electrons. The van der Waals surface area contributed by atoms with Crippen molar-refractivity contribution in [3.8, 4) is 0 Å². The molecular weight excluding hydrogens is 328 g/mol. The Morgan fingerprint density at radius 1 is 1.21 bits per heavy atom. The van der Waals surface area contributed by atoms with E-state index < -0.39 is 0 Å². The van der Waals surface area contributed by atoms with E-state index in [2.05, 4.69) is 0 Å². The minimum absolute atomic E-state index is 0.00160. The Morgan fingerprint density at radius 3 is 2.62 bits per heavy atom. The van der Waals surface area contributed by atoms with Gasteiger partial charge in [-0.3, -0.25) is 4.79 Å². The molecule has 0 aromatic heterocycles. The van der Waals surface area contributed by atoms with E-state index in [-0.39, 0.29) is 36.6 Å². The molecule has 5 nitrogen and oxygen atoms in total. The average Bonchev–Trinajstić information content (AvgIpc) is 3.35. The zero-order valence-corrected chi connectivity index (χ0v) is 14.5. The van der Waals surface area contributed by atoms with Gasteiger partial charge in [-0.15, -0.1) is 11.6 Å². The highest BCUT2D eigenvalue weighted by Crippen LogP contribution is 2.30. The Hall–Kier alpha value is -1.75. The first-order valence-corrected chi connectivity index (χ1v) is 9.05. The molecule has 24 heavy (non-hydrogen) atoms. The van der Waals surface area contributed by atoms with Gasteiger partial charge in [-0.1, -0.05) is 30.3 Å². The quantitative estimate of drug-likeness (QED) is 0.741. The highest BCUT2D eigenvalue weighted by atomic mass is 35.5. The zero-order chi connectivity index (χ0) is 16.9. The Morgan fingerprint density at radius 2 is 1.96 bits per heavy atom. The second-order valence-corrected chi connectivity index (χ2v) is 6.71. The molecule has 1 aliphatic carbocycles. The van der Waals surface area contributed by atoms with Crippen LogP contribution in [0.1, 0.15) is 31.2 Å². The molecule has 6 heteroatoms. The van der Waals surface area contributed by atoms with Crippen LogP contribution >= 0.6 is 11.6 Å². The van der Waals surface area contributed by atoms with Crippen molar-refractivity contribution in [2.24, 2.45) is 0 Å². The molecule has 1 aliphatic heterocycles. The van der Waals surface area contributed by atoms with Crippen molar-refractivity contribution in [3.05, 3.63) is 35.9 Å². The first-order chi connectivity index (χ1) is 11.7. The van der Waals surface area contributed by atoms with E-state index in [9.17, 15) is 9.59 Å². The van der Waals surface area contributed by atoms with Gasteiger partial charge in [0.15, 0.2) is 0 Å². The number of halogens is 1. The third-order valence-corrected chi connectivity index (χ3v) is 4.88. The third kappa shape index (κ3) is 4.20. The largest absolute Gasteiger partial charge is 0.445 e. The Labute approximate surface area is 147 Å². The zero-order valence-electron chi connectivity index (χ0n) is 13.7. The molecule has 0 bridgehead atoms. The average molecular weight is 351 g/mol. The third-order valence-electron chi connectivity index (χ3n) is 4.65. The van der Waals surface area contributed by atoms with Gasteiger partial charge in [0.05, 0.1) is 0 Å². The minimum Gasteiger partial charge on any atom is -0.445 e. The van der Waals surface area contributed by atoms with Crippen LogP contribution < -0.4 is 0 Å². The van der Waals surface area contributed by atoms with Crippen LogP contribution in [0.2, 0.25) is 0 Å². The molecule has 2 amide bonds. The number of nitrogens with zero attached hydrogens (tertiary/aromatic N) is 2. The van der Waals surface area contributed by atoms with E-state index in [1.165, 1.54) is 0 Å². The summed E-state index contributed by atoms with van der Waals surface area (Å²) in [4.78, 5) is 28.0. The van der Waals surface area contributed by atoms with Gasteiger partial charge in [0.25, 0.3) is 0 Å². The molecule has 1 saturated heterocycles. The second-order valence-electron chi connectivity index (χ2n) is 6.44. The predicted octanol–water partition coefficient (Wildman–Crippen LogP) is 3.02. The maximum atomic E-state index is 12.5. The van der Waals surface area contributed by atoms with Gasteiger partial charge in [0, 0.05) is 25.2 Å². The van der Waals surface area contributed by atoms with Crippen molar-refractivity contribution < 1.29 is 14.3 Å². The minimum atomic E-state index is -0.286. The van der Waals surface area contributed by atoms with E-state index in [0.717, 1.165) is 37.8 Å². The van der Waals surface area contributed by atoms with Gasteiger partial charge in [-0.05, 0) is 31.2 Å². The fourth-order valence-electron chi connectivity index (χ4n) is 3.22. The van der Waals surface area contributed by atoms with Crippen molar-refractivity contribution >= 4 is 23.6 Å². The summed E-state index contributed by atoms with van der Waals surface area (Å²) in [6.45, 7) is 1.55. The summed E-state index contributed by atoms with van der Waals surface area (Å²) in [7, 11) is 0. The van der Waals surface area contributed by atoms with Gasteiger partial charge >= 0.3 is 6.09 Å². The lowest BCUT2D eigenvalue weighted by molar-refractivity contribution is -0.129. The molecule has 1 heterocycles. The van der Waals surface area contributed by atoms with Gasteiger partial charge in [-0.25, -0.2) is 4.79 Å². The summed E-state index contributed by atoms with van der Waals surface area (Å²) in [5.41, 5.74) is 0.974. The number of rotatable bonds is 6. The number of ether oxygens (including phenoxy) is 1. The lowest BCUT2D eigenvalue weighted by Crippen LogP contribution is -2.46. The topological polar surface area (TPSA) is 49.9 Å². The number of benzene rings is 1. The van der Waals surface area contributed by atoms with Gasteiger partial charge in [-0.2, -0.15) is 0 Å². The predicted molar refractivity (Wildman–Crippen MR) is 91.8 cm³/mol. The first-order valence-electron chi connectivity index (χ1n) is 8.52. The fraction of sp³-hybridized carbons (Fsp3) is 0.556. The molecule has 1 atom stereocenters. The molecule has 1 aromatic rings. The highest BCUT2D eigenvalue weighted by molar-refractivity contribution is 6.27. The molecular formula is C18H23ClN2O3. The van der Waals surface area contributed by atoms with Crippen LogP contribution in [0.15, 0.2) is 30.3 Å². The Bertz CT molecular complexity index is 577. The van der Waals surface area contributed by atoms with Crippen LogP contribution in [0, 0.1) is 0 Å². The lowest BCUT2D eigenvalue weighted by atomic mass is 10.2. The Kier molecular flexibility index (Phi) is 5.61. The number of hydrogen-bond acceptors (Lipinski definition) is 3. The van der Waals surface area contributed by atoms with Crippen molar-refractivity contribution in [3.63, 3.8) is 0 Å². The monoisotopic (exact) mass is 350 g/mol. The molecule has 1 unspecified atom stereocenters. The normalized spacial score (nSPS) is 20.0. The fourth-order valence-corrected chi connectivity index (χ4v) is 3.37. The number of alkyl halides is 1. The van der Waals surface area contributed by atoms with Crippen LogP contribution in [0.3, 0.4) is 0 Å². The molecule has 3 rings (SSSR count). The number of carbonyl (C=O) groups is 2. The van der Waals surface area contributed by atoms with Crippen LogP contribution in [0.5, 0.6) is 0 Å². The van der Waals surface area contributed by atoms with Crippen LogP contribution in [-0.2, 0) is 16.1 Å². The van der Waals surface area contributed by atoms with Crippen molar-refractivity contribution in [2.75, 3.05) is 19.0 Å². The van der Waals surface area contributed by atoms with Crippen LogP contribution in [0.4, 0.5) is 4.79 Å². The summed E-state index contributed by atoms with van der Waals surface area (Å²) in [6.07, 6.45) is 3.61. The highest BCUT2D eigenvalue weighted by Gasteiger charge is 2.38.